The molecule has 1 aliphatic heterocycles. The van der Waals surface area contributed by atoms with Gasteiger partial charge in [0.1, 0.15) is 12.3 Å². The van der Waals surface area contributed by atoms with Gasteiger partial charge < -0.3 is 19.9 Å². The lowest BCUT2D eigenvalue weighted by molar-refractivity contribution is -0.222. The van der Waals surface area contributed by atoms with E-state index in [1.165, 1.54) is 13.8 Å². The molecule has 5 atom stereocenters. The molecule has 104 valence electrons. The molecule has 1 heterocycles. The normalized spacial score (nSPS) is 35.9. The molecule has 2 N–H and O–H groups in total. The monoisotopic (exact) mass is 259 g/mol. The van der Waals surface area contributed by atoms with Crippen LogP contribution in [0.1, 0.15) is 34.1 Å². The molecule has 0 aromatic heterocycles. The zero-order valence-electron chi connectivity index (χ0n) is 11.2. The van der Waals surface area contributed by atoms with Gasteiger partial charge in [-0.1, -0.05) is 13.8 Å². The molecule has 1 fully saturated rings. The summed E-state index contributed by atoms with van der Waals surface area (Å²) < 4.78 is 16.1. The second-order valence-corrected chi connectivity index (χ2v) is 4.55. The van der Waals surface area contributed by atoms with Crippen molar-refractivity contribution in [3.05, 3.63) is 0 Å². The van der Waals surface area contributed by atoms with Crippen molar-refractivity contribution >= 4 is 11.9 Å². The van der Waals surface area contributed by atoms with Crippen molar-refractivity contribution in [1.29, 1.82) is 0 Å². The first-order valence-electron chi connectivity index (χ1n) is 6.12. The van der Waals surface area contributed by atoms with Crippen LogP contribution in [0.2, 0.25) is 0 Å². The fourth-order valence-corrected chi connectivity index (χ4v) is 2.13. The molecular formula is C12H21NO5. The van der Waals surface area contributed by atoms with Crippen LogP contribution >= 0.6 is 0 Å². The third-order valence-corrected chi connectivity index (χ3v) is 3.07. The molecular weight excluding hydrogens is 238 g/mol. The Bertz CT molecular complexity index is 304. The minimum atomic E-state index is -0.605. The smallest absolute Gasteiger partial charge is 0.303 e. The number of ether oxygens (including phenoxy) is 3. The molecule has 0 saturated carbocycles. The van der Waals surface area contributed by atoms with Crippen molar-refractivity contribution in [3.8, 4) is 0 Å². The molecule has 0 spiro atoms. The van der Waals surface area contributed by atoms with Gasteiger partial charge in [0.25, 0.3) is 0 Å². The van der Waals surface area contributed by atoms with Gasteiger partial charge in [-0.15, -0.1) is 0 Å². The lowest BCUT2D eigenvalue weighted by Crippen LogP contribution is -2.58. The van der Waals surface area contributed by atoms with Crippen molar-refractivity contribution in [1.82, 2.24) is 0 Å². The van der Waals surface area contributed by atoms with E-state index < -0.39 is 30.4 Å². The maximum atomic E-state index is 11.1. The minimum Gasteiger partial charge on any atom is -0.458 e. The highest BCUT2D eigenvalue weighted by Gasteiger charge is 2.45. The summed E-state index contributed by atoms with van der Waals surface area (Å²) >= 11 is 0. The largest absolute Gasteiger partial charge is 0.458 e. The minimum absolute atomic E-state index is 0.235. The van der Waals surface area contributed by atoms with Crippen molar-refractivity contribution in [2.45, 2.75) is 58.7 Å². The van der Waals surface area contributed by atoms with E-state index in [0.29, 0.717) is 6.42 Å². The third-order valence-electron chi connectivity index (χ3n) is 3.07. The number of hydrogen-bond acceptors (Lipinski definition) is 6. The Morgan fingerprint density at radius 2 is 1.67 bits per heavy atom. The van der Waals surface area contributed by atoms with Crippen LogP contribution in [0.15, 0.2) is 0 Å². The number of esters is 2. The number of nitrogens with two attached hydrogens (primary N) is 1. The zero-order valence-corrected chi connectivity index (χ0v) is 11.2. The fraction of sp³-hybridized carbons (Fsp3) is 0.833. The zero-order chi connectivity index (χ0) is 13.9. The highest BCUT2D eigenvalue weighted by Crippen LogP contribution is 2.29. The quantitative estimate of drug-likeness (QED) is 0.746. The van der Waals surface area contributed by atoms with Gasteiger partial charge in [-0.2, -0.15) is 0 Å². The molecule has 0 amide bonds. The van der Waals surface area contributed by atoms with Gasteiger partial charge in [-0.05, 0) is 6.42 Å². The average Bonchev–Trinajstić information content (AvgIpc) is 2.27. The molecule has 1 aliphatic rings. The standard InChI is InChI=1S/C12H21NO5/c1-5-9-11(17-8(4)15)10(16-7(3)14)6(2)12(13)18-9/h6,9-12H,5,13H2,1-4H3/t6-,9+,10+,11-,12?/m1/s1. The lowest BCUT2D eigenvalue weighted by atomic mass is 9.90. The third kappa shape index (κ3) is 3.43. The number of rotatable bonds is 3. The SMILES string of the molecule is CC[C@@H]1OC(N)[C@H](C)[C@H](OC(C)=O)[C@@H]1OC(C)=O. The van der Waals surface area contributed by atoms with Gasteiger partial charge in [-0.3, -0.25) is 9.59 Å². The van der Waals surface area contributed by atoms with Gasteiger partial charge >= 0.3 is 11.9 Å². The number of carbonyl (C=O) groups is 2. The molecule has 0 aliphatic carbocycles. The van der Waals surface area contributed by atoms with Crippen LogP contribution in [0.3, 0.4) is 0 Å². The Hall–Kier alpha value is -1.14. The van der Waals surface area contributed by atoms with Gasteiger partial charge in [-0.25, -0.2) is 0 Å². The topological polar surface area (TPSA) is 87.8 Å². The molecule has 0 aromatic rings. The maximum absolute atomic E-state index is 11.1. The Kier molecular flexibility index (Phi) is 5.10. The van der Waals surface area contributed by atoms with Crippen molar-refractivity contribution < 1.29 is 23.8 Å². The van der Waals surface area contributed by atoms with Crippen LogP contribution < -0.4 is 5.73 Å². The molecule has 0 bridgehead atoms. The van der Waals surface area contributed by atoms with E-state index in [1.54, 1.807) is 6.92 Å². The highest BCUT2D eigenvalue weighted by atomic mass is 16.6. The molecule has 6 nitrogen and oxygen atoms in total. The Labute approximate surface area is 107 Å². The summed E-state index contributed by atoms with van der Waals surface area (Å²) in [5.41, 5.74) is 5.85. The second-order valence-electron chi connectivity index (χ2n) is 4.55. The van der Waals surface area contributed by atoms with E-state index in [2.05, 4.69) is 0 Å². The van der Waals surface area contributed by atoms with Crippen LogP contribution in [0.4, 0.5) is 0 Å². The molecule has 0 radical (unpaired) electrons. The lowest BCUT2D eigenvalue weighted by Gasteiger charge is -2.43. The predicted octanol–water partition coefficient (Wildman–Crippen LogP) is 0.579. The van der Waals surface area contributed by atoms with E-state index in [1.807, 2.05) is 6.92 Å². The van der Waals surface area contributed by atoms with E-state index in [-0.39, 0.29) is 12.0 Å². The second kappa shape index (κ2) is 6.15. The first-order valence-corrected chi connectivity index (χ1v) is 6.12. The maximum Gasteiger partial charge on any atom is 0.303 e. The van der Waals surface area contributed by atoms with Crippen LogP contribution in [-0.2, 0) is 23.8 Å². The first-order chi connectivity index (χ1) is 8.36. The van der Waals surface area contributed by atoms with Gasteiger partial charge in [0.05, 0.1) is 6.10 Å². The summed E-state index contributed by atoms with van der Waals surface area (Å²) in [4.78, 5) is 22.3. The summed E-state index contributed by atoms with van der Waals surface area (Å²) in [6, 6.07) is 0. The Morgan fingerprint density at radius 1 is 1.17 bits per heavy atom. The predicted molar refractivity (Wildman–Crippen MR) is 63.4 cm³/mol. The Balaban J connectivity index is 2.92. The van der Waals surface area contributed by atoms with E-state index >= 15 is 0 Å². The molecule has 6 heteroatoms. The van der Waals surface area contributed by atoms with Crippen LogP contribution in [0.25, 0.3) is 0 Å². The van der Waals surface area contributed by atoms with E-state index in [0.717, 1.165) is 0 Å². The van der Waals surface area contributed by atoms with E-state index in [9.17, 15) is 9.59 Å². The van der Waals surface area contributed by atoms with Gasteiger partial charge in [0.15, 0.2) is 6.10 Å². The van der Waals surface area contributed by atoms with Crippen LogP contribution in [0, 0.1) is 5.92 Å². The summed E-state index contributed by atoms with van der Waals surface area (Å²) in [7, 11) is 0. The van der Waals surface area contributed by atoms with Crippen molar-refractivity contribution in [2.75, 3.05) is 0 Å². The van der Waals surface area contributed by atoms with Gasteiger partial charge in [0, 0.05) is 19.8 Å². The molecule has 18 heavy (non-hydrogen) atoms. The summed E-state index contributed by atoms with van der Waals surface area (Å²) in [5, 5.41) is 0. The highest BCUT2D eigenvalue weighted by molar-refractivity contribution is 5.67. The van der Waals surface area contributed by atoms with Gasteiger partial charge in [0.2, 0.25) is 0 Å². The van der Waals surface area contributed by atoms with Crippen molar-refractivity contribution in [3.63, 3.8) is 0 Å². The molecule has 1 saturated heterocycles. The molecule has 1 rings (SSSR count). The summed E-state index contributed by atoms with van der Waals surface area (Å²) in [5.74, 6) is -1.09. The first kappa shape index (κ1) is 14.9. The molecule has 1 unspecified atom stereocenters. The van der Waals surface area contributed by atoms with Crippen LogP contribution in [0.5, 0.6) is 0 Å². The van der Waals surface area contributed by atoms with Crippen molar-refractivity contribution in [2.24, 2.45) is 11.7 Å². The fourth-order valence-electron chi connectivity index (χ4n) is 2.13. The number of hydrogen-bond donors (Lipinski definition) is 1. The van der Waals surface area contributed by atoms with E-state index in [4.69, 9.17) is 19.9 Å². The van der Waals surface area contributed by atoms with Crippen LogP contribution in [-0.4, -0.2) is 36.5 Å². The number of carbonyl (C=O) groups excluding carboxylic acids is 2. The summed E-state index contributed by atoms with van der Waals surface area (Å²) in [6.07, 6.45) is -1.45. The Morgan fingerprint density at radius 3 is 2.11 bits per heavy atom. The average molecular weight is 259 g/mol. The molecule has 0 aromatic carbocycles. The summed E-state index contributed by atoms with van der Waals surface area (Å²) in [6.45, 7) is 6.34.